The van der Waals surface area contributed by atoms with Crippen LogP contribution in [-0.2, 0) is 14.3 Å². The van der Waals surface area contributed by atoms with E-state index in [4.69, 9.17) is 4.74 Å². The lowest BCUT2D eigenvalue weighted by molar-refractivity contribution is -0.143. The minimum absolute atomic E-state index is 0.00571. The van der Waals surface area contributed by atoms with Crippen molar-refractivity contribution in [2.75, 3.05) is 13.2 Å². The normalized spacial score (nSPS) is 12.6. The van der Waals surface area contributed by atoms with Crippen molar-refractivity contribution in [2.24, 2.45) is 0 Å². The topological polar surface area (TPSA) is 95.9 Å². The van der Waals surface area contributed by atoms with E-state index < -0.39 is 12.1 Å². The first-order valence-corrected chi connectivity index (χ1v) is 35.6. The number of aliphatic hydroxyl groups is 2. The maximum Gasteiger partial charge on any atom is 0.305 e. The summed E-state index contributed by atoms with van der Waals surface area (Å²) < 4.78 is 5.49. The minimum atomic E-state index is -0.846. The van der Waals surface area contributed by atoms with E-state index in [1.807, 2.05) is 6.08 Å². The average Bonchev–Trinajstić information content (AvgIpc) is 3.44. The summed E-state index contributed by atoms with van der Waals surface area (Å²) in [6, 6.07) is -0.629. The third-order valence-corrected chi connectivity index (χ3v) is 16.7. The number of esters is 1. The number of carbonyl (C=O) groups is 2. The van der Waals surface area contributed by atoms with E-state index in [1.54, 1.807) is 6.08 Å². The SMILES string of the molecule is CCCCCCCC/C=C\CCCCCCCC(=O)OCCCCCCCCCCCCCCCCCCCCCCCCC(=O)NC(CO)C(O)/C=C/CCCCCCCCCCCCCCCCCCCCCCCC. The third-order valence-electron chi connectivity index (χ3n) is 16.7. The van der Waals surface area contributed by atoms with Crippen molar-refractivity contribution in [3.8, 4) is 0 Å². The van der Waals surface area contributed by atoms with Crippen LogP contribution in [0.15, 0.2) is 24.3 Å². The molecule has 1 amide bonds. The highest BCUT2D eigenvalue weighted by Crippen LogP contribution is 2.19. The summed E-state index contributed by atoms with van der Waals surface area (Å²) in [6.45, 7) is 4.93. The summed E-state index contributed by atoms with van der Waals surface area (Å²) in [6.07, 6.45) is 85.4. The molecule has 6 nitrogen and oxygen atoms in total. The Morgan fingerprint density at radius 2 is 0.603 bits per heavy atom. The Bertz CT molecular complexity index is 1220. The van der Waals surface area contributed by atoms with Gasteiger partial charge in [-0.1, -0.05) is 353 Å². The van der Waals surface area contributed by atoms with Gasteiger partial charge in [-0.3, -0.25) is 9.59 Å². The maximum absolute atomic E-state index is 12.5. The lowest BCUT2D eigenvalue weighted by Gasteiger charge is -2.20. The van der Waals surface area contributed by atoms with E-state index in [0.29, 0.717) is 19.4 Å². The van der Waals surface area contributed by atoms with Crippen molar-refractivity contribution in [2.45, 2.75) is 411 Å². The van der Waals surface area contributed by atoms with E-state index in [2.05, 4.69) is 31.3 Å². The van der Waals surface area contributed by atoms with E-state index in [9.17, 15) is 19.8 Å². The van der Waals surface area contributed by atoms with Gasteiger partial charge in [0.05, 0.1) is 25.4 Å². The quantitative estimate of drug-likeness (QED) is 0.0320. The molecule has 0 aliphatic carbocycles. The van der Waals surface area contributed by atoms with Gasteiger partial charge >= 0.3 is 5.97 Å². The monoisotopic (exact) mass is 1100 g/mol. The maximum atomic E-state index is 12.5. The van der Waals surface area contributed by atoms with Gasteiger partial charge in [0.2, 0.25) is 5.91 Å². The van der Waals surface area contributed by atoms with Crippen LogP contribution in [0.1, 0.15) is 399 Å². The number of hydrogen-bond acceptors (Lipinski definition) is 5. The molecule has 0 spiro atoms. The summed E-state index contributed by atoms with van der Waals surface area (Å²) in [5.74, 6) is -0.0580. The minimum Gasteiger partial charge on any atom is -0.466 e. The lowest BCUT2D eigenvalue weighted by atomic mass is 10.0. The molecule has 0 aromatic heterocycles. The van der Waals surface area contributed by atoms with Crippen LogP contribution in [0.5, 0.6) is 0 Å². The zero-order valence-corrected chi connectivity index (χ0v) is 52.9. The van der Waals surface area contributed by atoms with Gasteiger partial charge in [-0.15, -0.1) is 0 Å². The Balaban J connectivity index is 3.41. The van der Waals surface area contributed by atoms with E-state index in [1.165, 1.54) is 327 Å². The number of aliphatic hydroxyl groups excluding tert-OH is 2. The summed E-state index contributed by atoms with van der Waals surface area (Å²) in [5, 5.41) is 23.3. The molecule has 78 heavy (non-hydrogen) atoms. The molecule has 0 saturated heterocycles. The molecule has 0 bridgehead atoms. The van der Waals surface area contributed by atoms with Crippen LogP contribution in [0.3, 0.4) is 0 Å². The second kappa shape index (κ2) is 67.8. The van der Waals surface area contributed by atoms with Gasteiger partial charge in [-0.05, 0) is 57.8 Å². The molecule has 0 heterocycles. The van der Waals surface area contributed by atoms with Crippen LogP contribution < -0.4 is 5.32 Å². The first kappa shape index (κ1) is 76.3. The van der Waals surface area contributed by atoms with E-state index in [0.717, 1.165) is 44.9 Å². The predicted octanol–water partition coefficient (Wildman–Crippen LogP) is 22.9. The molecule has 0 aliphatic rings. The number of allylic oxidation sites excluding steroid dienone is 3. The van der Waals surface area contributed by atoms with Crippen molar-refractivity contribution < 1.29 is 24.5 Å². The van der Waals surface area contributed by atoms with Crippen LogP contribution in [0.2, 0.25) is 0 Å². The van der Waals surface area contributed by atoms with E-state index in [-0.39, 0.29) is 18.5 Å². The van der Waals surface area contributed by atoms with Crippen LogP contribution in [-0.4, -0.2) is 47.4 Å². The Hall–Kier alpha value is -1.66. The molecule has 3 N–H and O–H groups in total. The van der Waals surface area contributed by atoms with Gasteiger partial charge < -0.3 is 20.3 Å². The first-order chi connectivity index (χ1) is 38.5. The third kappa shape index (κ3) is 63.5. The van der Waals surface area contributed by atoms with Gasteiger partial charge in [-0.25, -0.2) is 0 Å². The molecule has 2 unspecified atom stereocenters. The van der Waals surface area contributed by atoms with Crippen LogP contribution in [0, 0.1) is 0 Å². The van der Waals surface area contributed by atoms with Crippen molar-refractivity contribution in [3.05, 3.63) is 24.3 Å². The van der Waals surface area contributed by atoms with Gasteiger partial charge in [-0.2, -0.15) is 0 Å². The van der Waals surface area contributed by atoms with Crippen LogP contribution >= 0.6 is 0 Å². The molecule has 0 aliphatic heterocycles. The summed E-state index contributed by atoms with van der Waals surface area (Å²) in [7, 11) is 0. The molecule has 6 heteroatoms. The molecule has 2 atom stereocenters. The predicted molar refractivity (Wildman–Crippen MR) is 343 cm³/mol. The Kier molecular flexibility index (Phi) is 66.4. The largest absolute Gasteiger partial charge is 0.466 e. The molecule has 0 fully saturated rings. The highest BCUT2D eigenvalue weighted by molar-refractivity contribution is 5.76. The Morgan fingerprint density at radius 1 is 0.346 bits per heavy atom. The number of amides is 1. The molecular weight excluding hydrogens is 959 g/mol. The number of rotatable bonds is 67. The molecule has 462 valence electrons. The van der Waals surface area contributed by atoms with Gasteiger partial charge in [0.15, 0.2) is 0 Å². The smallest absolute Gasteiger partial charge is 0.305 e. The highest BCUT2D eigenvalue weighted by Gasteiger charge is 2.18. The van der Waals surface area contributed by atoms with E-state index >= 15 is 0 Å². The lowest BCUT2D eigenvalue weighted by Crippen LogP contribution is -2.45. The second-order valence-corrected chi connectivity index (χ2v) is 24.6. The molecule has 0 aromatic rings. The number of carbonyl (C=O) groups excluding carboxylic acids is 2. The fourth-order valence-corrected chi connectivity index (χ4v) is 11.3. The molecular formula is C72H139NO5. The molecule has 0 radical (unpaired) electrons. The first-order valence-electron chi connectivity index (χ1n) is 35.6. The van der Waals surface area contributed by atoms with Gasteiger partial charge in [0.1, 0.15) is 0 Å². The van der Waals surface area contributed by atoms with Crippen LogP contribution in [0.4, 0.5) is 0 Å². The van der Waals surface area contributed by atoms with Gasteiger partial charge in [0, 0.05) is 12.8 Å². The standard InChI is InChI=1S/C72H139NO5/c1-3-5-7-9-11-13-15-17-19-20-21-22-23-24-27-30-33-37-40-44-48-52-56-60-64-70(75)69(68-74)73-71(76)65-61-57-53-49-45-41-38-34-31-28-25-26-29-32-35-39-43-47-51-55-59-63-67-78-72(77)66-62-58-54-50-46-42-36-18-16-14-12-10-8-6-4-2/h18,36,60,64,69-70,74-75H,3-17,19-35,37-59,61-63,65-68H2,1-2H3,(H,73,76)/b36-18-,64-60+. The summed E-state index contributed by atoms with van der Waals surface area (Å²) in [5.41, 5.74) is 0. The molecule has 0 aromatic carbocycles. The molecule has 0 saturated carbocycles. The molecule has 0 rings (SSSR count). The number of unbranched alkanes of at least 4 members (excludes halogenated alkanes) is 54. The zero-order valence-electron chi connectivity index (χ0n) is 52.9. The number of nitrogens with one attached hydrogen (secondary N) is 1. The number of hydrogen-bond donors (Lipinski definition) is 3. The fourth-order valence-electron chi connectivity index (χ4n) is 11.3. The Labute approximate surface area is 488 Å². The zero-order chi connectivity index (χ0) is 56.4. The number of ether oxygens (including phenoxy) is 1. The van der Waals surface area contributed by atoms with Crippen molar-refractivity contribution in [1.29, 1.82) is 0 Å². The second-order valence-electron chi connectivity index (χ2n) is 24.6. The average molecular weight is 1100 g/mol. The summed E-state index contributed by atoms with van der Waals surface area (Å²) in [4.78, 5) is 24.6. The summed E-state index contributed by atoms with van der Waals surface area (Å²) >= 11 is 0. The van der Waals surface area contributed by atoms with Crippen molar-refractivity contribution in [3.63, 3.8) is 0 Å². The van der Waals surface area contributed by atoms with Crippen molar-refractivity contribution in [1.82, 2.24) is 5.32 Å². The Morgan fingerprint density at radius 3 is 0.910 bits per heavy atom. The van der Waals surface area contributed by atoms with Gasteiger partial charge in [0.25, 0.3) is 0 Å². The van der Waals surface area contributed by atoms with Crippen molar-refractivity contribution >= 4 is 11.9 Å². The highest BCUT2D eigenvalue weighted by atomic mass is 16.5. The van der Waals surface area contributed by atoms with Crippen LogP contribution in [0.25, 0.3) is 0 Å². The fraction of sp³-hybridized carbons (Fsp3) is 0.917.